The van der Waals surface area contributed by atoms with Crippen LogP contribution in [0.5, 0.6) is 0 Å². The van der Waals surface area contributed by atoms with Gasteiger partial charge in [-0.05, 0) is 49.8 Å². The molecule has 2 nitrogen and oxygen atoms in total. The van der Waals surface area contributed by atoms with E-state index >= 15 is 0 Å². The zero-order chi connectivity index (χ0) is 13.1. The summed E-state index contributed by atoms with van der Waals surface area (Å²) in [6, 6.07) is 7.66. The van der Waals surface area contributed by atoms with Crippen molar-refractivity contribution in [3.63, 3.8) is 0 Å². The lowest BCUT2D eigenvalue weighted by molar-refractivity contribution is 0.401. The minimum atomic E-state index is 0.261. The van der Waals surface area contributed by atoms with E-state index in [4.69, 9.17) is 5.73 Å². The average Bonchev–Trinajstić information content (AvgIpc) is 2.29. The van der Waals surface area contributed by atoms with Crippen molar-refractivity contribution in [2.75, 3.05) is 11.9 Å². The highest BCUT2D eigenvalue weighted by Gasteiger charge is 2.22. The number of nitrogens with zero attached hydrogens (tertiary/aromatic N) is 1. The summed E-state index contributed by atoms with van der Waals surface area (Å²) in [4.78, 5) is 2.40. The number of nitrogens with two attached hydrogens (primary N) is 1. The predicted octanol–water partition coefficient (Wildman–Crippen LogP) is 3.72. The Balaban J connectivity index is 2.08. The Labute approximate surface area is 119 Å². The monoisotopic (exact) mass is 310 g/mol. The Morgan fingerprint density at radius 2 is 2.17 bits per heavy atom. The molecule has 100 valence electrons. The molecule has 0 amide bonds. The van der Waals surface area contributed by atoms with Crippen molar-refractivity contribution in [1.29, 1.82) is 0 Å². The molecule has 0 heterocycles. The molecule has 1 aliphatic carbocycles. The van der Waals surface area contributed by atoms with Gasteiger partial charge in [0.1, 0.15) is 0 Å². The maximum Gasteiger partial charge on any atom is 0.0377 e. The quantitative estimate of drug-likeness (QED) is 0.898. The van der Waals surface area contributed by atoms with Gasteiger partial charge in [0.05, 0.1) is 0 Å². The number of rotatable bonds is 5. The molecular formula is C15H23BrN2. The Hall–Kier alpha value is -0.540. The van der Waals surface area contributed by atoms with E-state index < -0.39 is 0 Å². The third-order valence-electron chi connectivity index (χ3n) is 4.07. The first kappa shape index (κ1) is 13.9. The Bertz CT molecular complexity index is 401. The van der Waals surface area contributed by atoms with Crippen molar-refractivity contribution >= 4 is 21.6 Å². The molecule has 0 aromatic heterocycles. The summed E-state index contributed by atoms with van der Waals surface area (Å²) in [5.41, 5.74) is 8.64. The molecule has 1 saturated carbocycles. The normalized spacial score (nSPS) is 17.3. The number of hydrogen-bond donors (Lipinski definition) is 1. The van der Waals surface area contributed by atoms with Crippen LogP contribution in [0, 0.1) is 0 Å². The fourth-order valence-corrected chi connectivity index (χ4v) is 2.86. The van der Waals surface area contributed by atoms with Crippen molar-refractivity contribution in [2.45, 2.75) is 51.1 Å². The smallest absolute Gasteiger partial charge is 0.0377 e. The van der Waals surface area contributed by atoms with Gasteiger partial charge >= 0.3 is 0 Å². The summed E-state index contributed by atoms with van der Waals surface area (Å²) in [7, 11) is 2.20. The average molecular weight is 311 g/mol. The van der Waals surface area contributed by atoms with Crippen molar-refractivity contribution in [1.82, 2.24) is 0 Å². The summed E-state index contributed by atoms with van der Waals surface area (Å²) in [5, 5.41) is 0. The van der Waals surface area contributed by atoms with Gasteiger partial charge in [-0.2, -0.15) is 0 Å². The maximum absolute atomic E-state index is 6.02. The van der Waals surface area contributed by atoms with Crippen molar-refractivity contribution in [3.05, 3.63) is 28.2 Å². The summed E-state index contributed by atoms with van der Waals surface area (Å²) < 4.78 is 1.19. The van der Waals surface area contributed by atoms with E-state index in [0.29, 0.717) is 0 Å². The molecule has 3 heteroatoms. The van der Waals surface area contributed by atoms with Crippen LogP contribution in [0.3, 0.4) is 0 Å². The summed E-state index contributed by atoms with van der Waals surface area (Å²) in [5.74, 6) is 0. The lowest BCUT2D eigenvalue weighted by atomic mass is 9.91. The van der Waals surface area contributed by atoms with Gasteiger partial charge in [-0.25, -0.2) is 0 Å². The van der Waals surface area contributed by atoms with Crippen molar-refractivity contribution in [3.8, 4) is 0 Å². The second-order valence-electron chi connectivity index (χ2n) is 5.34. The SMILES string of the molecule is CCC(N)Cc1ccc(N(C)C2CCC2)cc1Br. The number of halogens is 1. The van der Waals surface area contributed by atoms with Crippen LogP contribution < -0.4 is 10.6 Å². The molecule has 0 saturated heterocycles. The molecule has 1 atom stereocenters. The molecule has 1 unspecified atom stereocenters. The first-order valence-electron chi connectivity index (χ1n) is 6.88. The molecule has 2 N–H and O–H groups in total. The molecular weight excluding hydrogens is 288 g/mol. The van der Waals surface area contributed by atoms with Crippen molar-refractivity contribution < 1.29 is 0 Å². The topological polar surface area (TPSA) is 29.3 Å². The Morgan fingerprint density at radius 1 is 1.44 bits per heavy atom. The van der Waals surface area contributed by atoms with E-state index in [9.17, 15) is 0 Å². The highest BCUT2D eigenvalue weighted by Crippen LogP contribution is 2.31. The van der Waals surface area contributed by atoms with E-state index in [1.807, 2.05) is 0 Å². The molecule has 1 aromatic carbocycles. The van der Waals surface area contributed by atoms with Crippen LogP contribution in [-0.4, -0.2) is 19.1 Å². The minimum Gasteiger partial charge on any atom is -0.372 e. The molecule has 1 aliphatic rings. The van der Waals surface area contributed by atoms with Gasteiger partial charge in [0.2, 0.25) is 0 Å². The third-order valence-corrected chi connectivity index (χ3v) is 4.81. The highest BCUT2D eigenvalue weighted by molar-refractivity contribution is 9.10. The number of anilines is 1. The predicted molar refractivity (Wildman–Crippen MR) is 82.2 cm³/mol. The first-order valence-corrected chi connectivity index (χ1v) is 7.68. The Kier molecular flexibility index (Phi) is 4.68. The molecule has 18 heavy (non-hydrogen) atoms. The largest absolute Gasteiger partial charge is 0.372 e. The lowest BCUT2D eigenvalue weighted by Gasteiger charge is -2.36. The first-order chi connectivity index (χ1) is 8.61. The van der Waals surface area contributed by atoms with Gasteiger partial charge in [0.25, 0.3) is 0 Å². The van der Waals surface area contributed by atoms with Crippen LogP contribution in [0.2, 0.25) is 0 Å². The fraction of sp³-hybridized carbons (Fsp3) is 0.600. The summed E-state index contributed by atoms with van der Waals surface area (Å²) >= 11 is 3.68. The van der Waals surface area contributed by atoms with Gasteiger partial charge in [-0.1, -0.05) is 28.9 Å². The zero-order valence-electron chi connectivity index (χ0n) is 11.3. The van der Waals surface area contributed by atoms with Crippen LogP contribution >= 0.6 is 15.9 Å². The van der Waals surface area contributed by atoms with E-state index in [0.717, 1.165) is 18.9 Å². The Morgan fingerprint density at radius 3 is 2.67 bits per heavy atom. The molecule has 1 aromatic rings. The van der Waals surface area contributed by atoms with Gasteiger partial charge in [0.15, 0.2) is 0 Å². The maximum atomic E-state index is 6.02. The lowest BCUT2D eigenvalue weighted by Crippen LogP contribution is -2.37. The summed E-state index contributed by atoms with van der Waals surface area (Å²) in [6.45, 7) is 2.14. The standard InChI is InChI=1S/C15H23BrN2/c1-3-12(17)9-11-7-8-14(10-15(11)16)18(2)13-5-4-6-13/h7-8,10,12-13H,3-6,9,17H2,1-2H3. The van der Waals surface area contributed by atoms with Crippen LogP contribution in [0.4, 0.5) is 5.69 Å². The van der Waals surface area contributed by atoms with Crippen LogP contribution in [0.25, 0.3) is 0 Å². The van der Waals surface area contributed by atoms with Gasteiger partial charge < -0.3 is 10.6 Å². The van der Waals surface area contributed by atoms with Gasteiger partial charge in [-0.15, -0.1) is 0 Å². The molecule has 0 spiro atoms. The van der Waals surface area contributed by atoms with Crippen LogP contribution in [0.15, 0.2) is 22.7 Å². The third kappa shape index (κ3) is 3.07. The number of benzene rings is 1. The van der Waals surface area contributed by atoms with Crippen LogP contribution in [0.1, 0.15) is 38.2 Å². The minimum absolute atomic E-state index is 0.261. The number of hydrogen-bond acceptors (Lipinski definition) is 2. The van der Waals surface area contributed by atoms with E-state index in [-0.39, 0.29) is 6.04 Å². The van der Waals surface area contributed by atoms with E-state index in [1.165, 1.54) is 35.0 Å². The second-order valence-corrected chi connectivity index (χ2v) is 6.20. The van der Waals surface area contributed by atoms with Gasteiger partial charge in [0, 0.05) is 29.3 Å². The van der Waals surface area contributed by atoms with Crippen molar-refractivity contribution in [2.24, 2.45) is 5.73 Å². The molecule has 1 fully saturated rings. The second kappa shape index (κ2) is 6.07. The van der Waals surface area contributed by atoms with Gasteiger partial charge in [-0.3, -0.25) is 0 Å². The molecule has 2 rings (SSSR count). The molecule has 0 radical (unpaired) electrons. The summed E-state index contributed by atoms with van der Waals surface area (Å²) in [6.07, 6.45) is 6.01. The highest BCUT2D eigenvalue weighted by atomic mass is 79.9. The molecule has 0 aliphatic heterocycles. The zero-order valence-corrected chi connectivity index (χ0v) is 12.9. The van der Waals surface area contributed by atoms with E-state index in [1.54, 1.807) is 0 Å². The fourth-order valence-electron chi connectivity index (χ4n) is 2.33. The van der Waals surface area contributed by atoms with E-state index in [2.05, 4.69) is 53.0 Å². The van der Waals surface area contributed by atoms with Crippen LogP contribution in [-0.2, 0) is 6.42 Å². The molecule has 0 bridgehead atoms.